The molecule has 14 rings (SSSR count). The number of benzene rings is 2. The summed E-state index contributed by atoms with van der Waals surface area (Å²) < 4.78 is 50.7. The second kappa shape index (κ2) is 44.7. The van der Waals surface area contributed by atoms with E-state index in [4.69, 9.17) is 66.4 Å². The van der Waals surface area contributed by atoms with Crippen LogP contribution in [-0.2, 0) is 83.2 Å². The first kappa shape index (κ1) is 96.4. The molecule has 5 fully saturated rings. The fourth-order valence-electron chi connectivity index (χ4n) is 19.2. The number of hydrogen-bond acceptors (Lipinski definition) is 30. The molecule has 7 N–H and O–H groups in total. The highest BCUT2D eigenvalue weighted by molar-refractivity contribution is 7.80. The summed E-state index contributed by atoms with van der Waals surface area (Å²) in [5, 5.41) is 32.7. The zero-order valence-electron chi connectivity index (χ0n) is 76.8. The molecule has 1 unspecified atom stereocenters. The lowest BCUT2D eigenvalue weighted by molar-refractivity contribution is -0.265. The van der Waals surface area contributed by atoms with Gasteiger partial charge in [0.1, 0.15) is 47.4 Å². The predicted molar refractivity (Wildman–Crippen MR) is 497 cm³/mol. The third-order valence-corrected chi connectivity index (χ3v) is 27.4. The van der Waals surface area contributed by atoms with Crippen molar-refractivity contribution >= 4 is 98.5 Å². The summed E-state index contributed by atoms with van der Waals surface area (Å²) in [5.41, 5.74) is 21.4. The number of nitrogens with zero attached hydrogens (tertiary/aromatic N) is 15. The highest BCUT2D eigenvalue weighted by Crippen LogP contribution is 2.40. The maximum Gasteiger partial charge on any atom is 0.329 e. The second-order valence-corrected chi connectivity index (χ2v) is 36.7. The Labute approximate surface area is 770 Å². The molecule has 6 aliphatic heterocycles. The minimum atomic E-state index is -2.44. The Bertz CT molecular complexity index is 5270. The van der Waals surface area contributed by atoms with Gasteiger partial charge in [-0.25, -0.2) is 39.4 Å². The van der Waals surface area contributed by atoms with Gasteiger partial charge < -0.3 is 89.1 Å². The van der Waals surface area contributed by atoms with Crippen molar-refractivity contribution in [3.63, 3.8) is 0 Å². The molecule has 5 aromatic heterocycles. The van der Waals surface area contributed by atoms with Crippen LogP contribution in [0.5, 0.6) is 0 Å². The topological polar surface area (TPSA) is 412 Å². The molecule has 7 aliphatic rings. The van der Waals surface area contributed by atoms with E-state index in [2.05, 4.69) is 80.0 Å². The van der Waals surface area contributed by atoms with E-state index < -0.39 is 65.9 Å². The number of hydrogen-bond donors (Lipinski definition) is 5. The van der Waals surface area contributed by atoms with Crippen LogP contribution in [0.1, 0.15) is 170 Å². The van der Waals surface area contributed by atoms with E-state index in [1.165, 1.54) is 16.8 Å². The van der Waals surface area contributed by atoms with Crippen molar-refractivity contribution in [3.8, 4) is 11.3 Å². The Morgan fingerprint density at radius 3 is 2.21 bits per heavy atom. The molecule has 35 heteroatoms. The number of aliphatic hydroxyl groups excluding tert-OH is 1. The quantitative estimate of drug-likeness (QED) is 0.0147. The maximum atomic E-state index is 14.8. The van der Waals surface area contributed by atoms with Gasteiger partial charge in [-0.1, -0.05) is 82.4 Å². The SMILES string of the molecule is CO[C@H]1CC2CC[C@@H](C)[C@@](O)(O2)C(=O)C(=O)N2CCCC[C@H]2C(=O)O[C@H](CC[C@@H]2CC[C@@H](OC(=S)NCc3cnc(N4CCN(C(=O)CCOCCN5CCN(c6ncc(C(=O)N7CCc8cc(Cn9nc(-c%10ccc%11oc(N)nc%11c%10)c%10c(N)ncnc%109)ccc8C7)cn6)CC5)CC4)nc3)[C@H](OC)C2)C[C@@H](OC)[C@H](C)/C=C(\C)[C@@H](O)CC(=O)[C@H](C)C[C@H](C)/C=C/C=C/C=C/1C. The van der Waals surface area contributed by atoms with Gasteiger partial charge in [0.05, 0.1) is 67.6 Å². The van der Waals surface area contributed by atoms with E-state index >= 15 is 0 Å². The van der Waals surface area contributed by atoms with Crippen LogP contribution in [0, 0.1) is 29.6 Å². The number of ether oxygens (including phenoxy) is 7. The Morgan fingerprint density at radius 1 is 0.718 bits per heavy atom. The summed E-state index contributed by atoms with van der Waals surface area (Å²) in [6.07, 6.45) is 23.4. The van der Waals surface area contributed by atoms with Gasteiger partial charge in [0.25, 0.3) is 28.8 Å². The first-order valence-electron chi connectivity index (χ1n) is 46.3. The van der Waals surface area contributed by atoms with Crippen LogP contribution in [0.2, 0.25) is 0 Å². The lowest BCUT2D eigenvalue weighted by atomic mass is 9.81. The van der Waals surface area contributed by atoms with E-state index in [0.29, 0.717) is 193 Å². The summed E-state index contributed by atoms with van der Waals surface area (Å²) >= 11 is 5.76. The number of fused-ring (bicyclic) bond motifs is 6. The molecule has 2 bridgehead atoms. The van der Waals surface area contributed by atoms with E-state index in [0.717, 1.165) is 67.0 Å². The molecule has 7 aromatic rings. The fourth-order valence-corrected chi connectivity index (χ4v) is 19.4. The number of aromatic nitrogens is 9. The Kier molecular flexibility index (Phi) is 32.9. The molecule has 3 amide bonds. The number of piperazine rings is 2. The van der Waals surface area contributed by atoms with Crippen LogP contribution >= 0.6 is 12.2 Å². The third kappa shape index (κ3) is 24.3. The lowest BCUT2D eigenvalue weighted by Crippen LogP contribution is -2.60. The van der Waals surface area contributed by atoms with E-state index in [1.807, 2.05) is 90.8 Å². The van der Waals surface area contributed by atoms with Crippen LogP contribution in [0.4, 0.5) is 23.7 Å². The number of piperidine rings is 1. The van der Waals surface area contributed by atoms with Gasteiger partial charge in [-0.2, -0.15) is 10.1 Å². The number of oxazole rings is 1. The first-order chi connectivity index (χ1) is 63.2. The molecular weight excluding hydrogens is 1690 g/mol. The number of aliphatic hydroxyl groups is 2. The van der Waals surface area contributed by atoms with Gasteiger partial charge in [0, 0.05) is 179 Å². The zero-order chi connectivity index (χ0) is 92.6. The van der Waals surface area contributed by atoms with Crippen molar-refractivity contribution in [1.29, 1.82) is 0 Å². The smallest absolute Gasteiger partial charge is 0.329 e. The maximum absolute atomic E-state index is 14.8. The van der Waals surface area contributed by atoms with Crippen molar-refractivity contribution in [2.45, 2.75) is 218 Å². The summed E-state index contributed by atoms with van der Waals surface area (Å²) in [6, 6.07) is 10.8. The van der Waals surface area contributed by atoms with Gasteiger partial charge in [-0.15, -0.1) is 0 Å². The van der Waals surface area contributed by atoms with Crippen molar-refractivity contribution in [2.24, 2.45) is 29.6 Å². The molecule has 0 radical (unpaired) electrons. The number of nitrogen functional groups attached to an aromatic ring is 2. The standard InChI is InChI=1S/C96H128N18O16S/c1-59-15-11-10-12-16-60(2)80(123-7)49-73-24-18-64(6)96(122,130-73)86(118)90(120)113-30-14-13-17-75(113)91(121)127-72(48-81(124-8)63(5)44-62(4)77(116)50-76(115)61(3)43-59)25-20-65-21-26-79(82(46-65)125-9)129-95(131)103-53-67-51-99-93(100-52-67)111-38-36-109(37-39-111)83(117)29-41-126-42-40-108-32-34-110(35-33-108)94-101-54-71(55-102-94)89(119)112-31-28-68-45-66(19-22-70(68)57-112)56-114-88-84(87(97)104-58-105-88)85(107-114)69-23-27-78-74(47-69)106-92(98)128-78/h10-12,15-16,19,22-23,27,44-45,47,51-52,54-55,58-59,61,63-65,72-73,75,77,79-82,116,122H,13-14,17-18,20-21,24-26,28-43,46,48-50,53,56-57H2,1-9H3,(H2,98,106)(H,103,131)(H2,97,104,105)/b12-10+,15-11+,60-16+,62-44+/t59-,61-,63-,64-,65-,72-,73?,75+,77+,79-,80+,81-,82-,96-/m1/s1. The summed E-state index contributed by atoms with van der Waals surface area (Å²) in [6.45, 7) is 20.0. The molecule has 131 heavy (non-hydrogen) atoms. The number of carbonyl (C=O) groups excluding carboxylic acids is 6. The monoisotopic (exact) mass is 1820 g/mol. The largest absolute Gasteiger partial charge is 0.465 e. The summed E-state index contributed by atoms with van der Waals surface area (Å²) in [4.78, 5) is 128. The van der Waals surface area contributed by atoms with Gasteiger partial charge in [0.15, 0.2) is 11.2 Å². The molecular formula is C96H128N18O16S. The number of ketones is 2. The second-order valence-electron chi connectivity index (χ2n) is 36.4. The van der Waals surface area contributed by atoms with E-state index in [1.54, 1.807) is 59.1 Å². The number of esters is 1. The number of anilines is 4. The lowest BCUT2D eigenvalue weighted by Gasteiger charge is -2.42. The van der Waals surface area contributed by atoms with Crippen molar-refractivity contribution in [3.05, 3.63) is 143 Å². The Morgan fingerprint density at radius 2 is 1.47 bits per heavy atom. The van der Waals surface area contributed by atoms with Gasteiger partial charge >= 0.3 is 5.97 Å². The fraction of sp³-hybridized carbons (Fsp3) is 0.573. The van der Waals surface area contributed by atoms with Crippen molar-refractivity contribution in [2.75, 3.05) is 128 Å². The molecule has 1 saturated carbocycles. The van der Waals surface area contributed by atoms with Crippen molar-refractivity contribution < 1.29 is 76.6 Å². The number of rotatable bonds is 21. The number of carbonyl (C=O) groups is 6. The predicted octanol–water partition coefficient (Wildman–Crippen LogP) is 9.67. The average molecular weight is 1820 g/mol. The number of nitrogens with one attached hydrogen (secondary N) is 1. The number of nitrogens with two attached hydrogens (primary N) is 2. The normalized spacial score (nSPS) is 27.8. The number of thiocarbonyl (C=S) groups is 1. The number of cyclic esters (lactones) is 1. The number of allylic oxidation sites excluding steroid dienone is 5. The highest BCUT2D eigenvalue weighted by Gasteiger charge is 2.53. The third-order valence-electron chi connectivity index (χ3n) is 27.2. The molecule has 14 atom stereocenters. The minimum Gasteiger partial charge on any atom is -0.465 e. The van der Waals surface area contributed by atoms with Crippen LogP contribution in [0.25, 0.3) is 33.4 Å². The minimum absolute atomic E-state index is 0.0371. The molecule has 34 nitrogen and oxygen atoms in total. The zero-order valence-corrected chi connectivity index (χ0v) is 77.6. The van der Waals surface area contributed by atoms with Gasteiger partial charge in [-0.3, -0.25) is 28.9 Å². The molecule has 4 saturated heterocycles. The first-order valence-corrected chi connectivity index (χ1v) is 46.7. The number of methoxy groups -OCH3 is 3. The van der Waals surface area contributed by atoms with Crippen LogP contribution < -0.4 is 26.6 Å². The summed E-state index contributed by atoms with van der Waals surface area (Å²) in [5.74, 6) is -4.95. The van der Waals surface area contributed by atoms with E-state index in [-0.39, 0.29) is 96.9 Å². The average Bonchev–Trinajstić information content (AvgIpc) is 1.75. The van der Waals surface area contributed by atoms with Crippen LogP contribution in [0.3, 0.4) is 0 Å². The van der Waals surface area contributed by atoms with Crippen molar-refractivity contribution in [1.82, 2.24) is 69.6 Å². The van der Waals surface area contributed by atoms with Gasteiger partial charge in [0.2, 0.25) is 23.6 Å². The van der Waals surface area contributed by atoms with Crippen LogP contribution in [0.15, 0.2) is 120 Å². The van der Waals surface area contributed by atoms with Gasteiger partial charge in [-0.05, 0) is 161 Å². The molecule has 1 aliphatic carbocycles. The highest BCUT2D eigenvalue weighted by atomic mass is 32.1. The number of Topliss-reactive ketones (excluding diaryl/α,β-unsaturated/α-hetero) is 2. The molecule has 11 heterocycles. The van der Waals surface area contributed by atoms with E-state index in [9.17, 15) is 39.0 Å². The molecule has 0 spiro atoms. The summed E-state index contributed by atoms with van der Waals surface area (Å²) in [7, 11) is 4.84. The van der Waals surface area contributed by atoms with Crippen LogP contribution in [-0.4, -0.2) is 276 Å². The molecule has 2 aromatic carbocycles. The molecule has 704 valence electrons. The Balaban J connectivity index is 0.492. The number of amides is 3. The Hall–Kier alpha value is -10.6.